The van der Waals surface area contributed by atoms with Crippen molar-refractivity contribution >= 4 is 26.8 Å². The average molecular weight is 574 g/mol. The van der Waals surface area contributed by atoms with E-state index in [1.165, 1.54) is 6.07 Å². The van der Waals surface area contributed by atoms with Crippen molar-refractivity contribution in [2.45, 2.75) is 93.8 Å². The van der Waals surface area contributed by atoms with Gasteiger partial charge in [-0.2, -0.15) is 0 Å². The molecule has 0 radical (unpaired) electrons. The van der Waals surface area contributed by atoms with Crippen molar-refractivity contribution < 1.29 is 26.6 Å². The second kappa shape index (κ2) is 10.5. The Morgan fingerprint density at radius 1 is 1.10 bits per heavy atom. The summed E-state index contributed by atoms with van der Waals surface area (Å²) in [4.78, 5) is 16.3. The molecule has 6 nitrogen and oxygen atoms in total. The molecule has 0 N–H and O–H groups in total. The molecule has 2 heterocycles. The van der Waals surface area contributed by atoms with Crippen molar-refractivity contribution in [3.63, 3.8) is 0 Å². The average Bonchev–Trinajstić information content (AvgIpc) is 3.38. The van der Waals surface area contributed by atoms with Crippen LogP contribution in [0.25, 0.3) is 11.0 Å². The minimum atomic E-state index is -3.26. The zero-order valence-electron chi connectivity index (χ0n) is 22.5. The van der Waals surface area contributed by atoms with Crippen LogP contribution in [0.1, 0.15) is 62.5 Å². The molecule has 3 fully saturated rings. The summed E-state index contributed by atoms with van der Waals surface area (Å²) in [6.07, 6.45) is 4.18. The summed E-state index contributed by atoms with van der Waals surface area (Å²) in [5.41, 5.74) is 1.97. The van der Waals surface area contributed by atoms with E-state index in [0.29, 0.717) is 30.5 Å². The van der Waals surface area contributed by atoms with E-state index in [1.807, 2.05) is 24.3 Å². The molecular weight excluding hydrogens is 539 g/mol. The highest BCUT2D eigenvalue weighted by atomic mass is 32.2. The van der Waals surface area contributed by atoms with E-state index < -0.39 is 27.7 Å². The molecule has 2 atom stereocenters. The van der Waals surface area contributed by atoms with Crippen molar-refractivity contribution in [3.05, 3.63) is 65.7 Å². The van der Waals surface area contributed by atoms with Crippen LogP contribution in [0, 0.1) is 12.7 Å². The molecule has 214 valence electrons. The number of amides is 1. The van der Waals surface area contributed by atoms with E-state index >= 15 is 0 Å². The summed E-state index contributed by atoms with van der Waals surface area (Å²) in [6.45, 7) is 2.26. The van der Waals surface area contributed by atoms with Gasteiger partial charge in [0.1, 0.15) is 27.4 Å². The third-order valence-corrected chi connectivity index (χ3v) is 10.9. The molecule has 3 aromatic rings. The van der Waals surface area contributed by atoms with Gasteiger partial charge in [-0.15, -0.1) is 0 Å². The fraction of sp³-hybridized carbons (Fsp3) is 0.500. The number of aryl methyl sites for hydroxylation is 1. The number of alkyl halides is 2. The van der Waals surface area contributed by atoms with Gasteiger partial charge in [0.15, 0.2) is 0 Å². The third kappa shape index (κ3) is 5.40. The van der Waals surface area contributed by atoms with Gasteiger partial charge < -0.3 is 9.32 Å². The van der Waals surface area contributed by atoms with E-state index in [0.717, 1.165) is 23.8 Å². The lowest BCUT2D eigenvalue weighted by atomic mass is 9.90. The summed E-state index contributed by atoms with van der Waals surface area (Å²) in [7, 11) is -3.26. The number of nitrogens with zero attached hydrogens (tertiary/aromatic N) is 3. The van der Waals surface area contributed by atoms with Crippen LogP contribution in [-0.4, -0.2) is 49.9 Å². The van der Waals surface area contributed by atoms with Crippen molar-refractivity contribution in [2.24, 2.45) is 4.36 Å². The highest BCUT2D eigenvalue weighted by Gasteiger charge is 2.44. The highest BCUT2D eigenvalue weighted by molar-refractivity contribution is 7.91. The number of fused-ring (bicyclic) bond motifs is 1. The predicted octanol–water partition coefficient (Wildman–Crippen LogP) is 6.86. The van der Waals surface area contributed by atoms with Gasteiger partial charge in [-0.3, -0.25) is 4.79 Å². The van der Waals surface area contributed by atoms with Gasteiger partial charge in [-0.1, -0.05) is 18.2 Å². The summed E-state index contributed by atoms with van der Waals surface area (Å²) in [5.74, 6) is -3.43. The summed E-state index contributed by atoms with van der Waals surface area (Å²) in [6, 6.07) is 10.9. The van der Waals surface area contributed by atoms with Crippen molar-refractivity contribution in [1.29, 1.82) is 0 Å². The Hall–Kier alpha value is -2.85. The summed E-state index contributed by atoms with van der Waals surface area (Å²) >= 11 is 0. The Morgan fingerprint density at radius 2 is 1.88 bits per heavy atom. The zero-order chi connectivity index (χ0) is 28.1. The number of carbonyl (C=O) groups is 1. The Balaban J connectivity index is 1.35. The van der Waals surface area contributed by atoms with E-state index in [9.17, 15) is 22.2 Å². The Morgan fingerprint density at radius 3 is 2.60 bits per heavy atom. The van der Waals surface area contributed by atoms with E-state index in [4.69, 9.17) is 4.42 Å². The standard InChI is InChI=1S/C30H34F3N3O3S/c1-20-4-9-25(18-26(20)31)40(38,34-23-7-8-23)36-15-2-3-27(36)29(37)35(24-10-13-30(32,33)14-11-24)19-21-5-6-22-12-16-39-28(22)17-21/h4-6,9,12,16-18,23-24,27H,2-3,7-8,10-11,13-15,19H2,1H3/t27-,40?/m0/s1. The minimum absolute atomic E-state index is 0.0788. The summed E-state index contributed by atoms with van der Waals surface area (Å²) < 4.78 is 69.4. The zero-order valence-corrected chi connectivity index (χ0v) is 23.3. The SMILES string of the molecule is Cc1ccc(S(=O)(=NC2CC2)N2CCC[C@H]2C(=O)N(Cc2ccc3ccoc3c2)C2CCC(F)(F)CC2)cc1F. The van der Waals surface area contributed by atoms with E-state index in [-0.39, 0.29) is 55.1 Å². The van der Waals surface area contributed by atoms with Crippen molar-refractivity contribution in [1.82, 2.24) is 9.21 Å². The van der Waals surface area contributed by atoms with Gasteiger partial charge in [0.05, 0.1) is 17.2 Å². The normalized spacial score (nSPS) is 23.2. The molecule has 1 aromatic heterocycles. The fourth-order valence-corrected chi connectivity index (χ4v) is 8.42. The van der Waals surface area contributed by atoms with Crippen molar-refractivity contribution in [3.8, 4) is 0 Å². The predicted molar refractivity (Wildman–Crippen MR) is 147 cm³/mol. The maximum Gasteiger partial charge on any atom is 0.248 e. The fourth-order valence-electron chi connectivity index (χ4n) is 5.87. The molecule has 2 aromatic carbocycles. The van der Waals surface area contributed by atoms with Crippen LogP contribution in [0.5, 0.6) is 0 Å². The first kappa shape index (κ1) is 27.3. The lowest BCUT2D eigenvalue weighted by Gasteiger charge is -2.39. The molecule has 2 saturated carbocycles. The number of carbonyl (C=O) groups excluding carboxylic acids is 1. The van der Waals surface area contributed by atoms with Gasteiger partial charge in [-0.05, 0) is 80.8 Å². The quantitative estimate of drug-likeness (QED) is 0.310. The molecule has 1 saturated heterocycles. The largest absolute Gasteiger partial charge is 0.464 e. The van der Waals surface area contributed by atoms with Crippen LogP contribution in [0.15, 0.2) is 62.4 Å². The number of hydrogen-bond acceptors (Lipinski definition) is 4. The maximum absolute atomic E-state index is 14.7. The van der Waals surface area contributed by atoms with E-state index in [2.05, 4.69) is 4.36 Å². The second-order valence-electron chi connectivity index (χ2n) is 11.4. The smallest absolute Gasteiger partial charge is 0.248 e. The molecule has 10 heteroatoms. The lowest BCUT2D eigenvalue weighted by molar-refractivity contribution is -0.141. The Kier molecular flexibility index (Phi) is 7.19. The Bertz CT molecular complexity index is 1530. The molecule has 40 heavy (non-hydrogen) atoms. The van der Waals surface area contributed by atoms with Gasteiger partial charge in [-0.25, -0.2) is 26.0 Å². The summed E-state index contributed by atoms with van der Waals surface area (Å²) in [5, 5.41) is 0.938. The molecular formula is C30H34F3N3O3S. The molecule has 1 amide bonds. The number of halogens is 3. The topological polar surface area (TPSA) is 66.1 Å². The van der Waals surface area contributed by atoms with Gasteiger partial charge in [0, 0.05) is 37.4 Å². The van der Waals surface area contributed by atoms with Crippen LogP contribution in [-0.2, 0) is 21.3 Å². The minimum Gasteiger partial charge on any atom is -0.464 e. The molecule has 1 unspecified atom stereocenters. The van der Waals surface area contributed by atoms with Gasteiger partial charge in [0.25, 0.3) is 0 Å². The van der Waals surface area contributed by atoms with Crippen LogP contribution in [0.4, 0.5) is 13.2 Å². The molecule has 3 aliphatic rings. The van der Waals surface area contributed by atoms with Crippen LogP contribution >= 0.6 is 0 Å². The highest BCUT2D eigenvalue weighted by Crippen LogP contribution is 2.38. The van der Waals surface area contributed by atoms with Crippen molar-refractivity contribution in [2.75, 3.05) is 6.54 Å². The van der Waals surface area contributed by atoms with Crippen LogP contribution in [0.3, 0.4) is 0 Å². The van der Waals surface area contributed by atoms with Gasteiger partial charge in [0.2, 0.25) is 11.8 Å². The molecule has 6 rings (SSSR count). The maximum atomic E-state index is 14.7. The number of rotatable bonds is 7. The molecule has 0 spiro atoms. The first-order valence-corrected chi connectivity index (χ1v) is 15.5. The molecule has 1 aliphatic heterocycles. The number of furan rings is 1. The molecule has 2 aliphatic carbocycles. The second-order valence-corrected chi connectivity index (χ2v) is 13.5. The van der Waals surface area contributed by atoms with Crippen LogP contribution in [0.2, 0.25) is 0 Å². The monoisotopic (exact) mass is 573 g/mol. The first-order chi connectivity index (χ1) is 19.1. The lowest BCUT2D eigenvalue weighted by Crippen LogP contribution is -2.52. The Labute approximate surface area is 232 Å². The first-order valence-electron chi connectivity index (χ1n) is 14.1. The van der Waals surface area contributed by atoms with Gasteiger partial charge >= 0.3 is 0 Å². The number of hydrogen-bond donors (Lipinski definition) is 0. The van der Waals surface area contributed by atoms with Crippen LogP contribution < -0.4 is 0 Å². The number of benzene rings is 2. The third-order valence-electron chi connectivity index (χ3n) is 8.38. The molecule has 0 bridgehead atoms. The van der Waals surface area contributed by atoms with E-state index in [1.54, 1.807) is 34.5 Å².